The Kier molecular flexibility index (Phi) is 3.38. The summed E-state index contributed by atoms with van der Waals surface area (Å²) in [6.45, 7) is 10.5. The lowest BCUT2D eigenvalue weighted by atomic mass is 10.0. The Morgan fingerprint density at radius 1 is 1.10 bits per heavy atom. The molecule has 2 atom stereocenters. The van der Waals surface area contributed by atoms with E-state index in [0.717, 1.165) is 24.3 Å². The third-order valence-electron chi connectivity index (χ3n) is 4.08. The quantitative estimate of drug-likeness (QED) is 0.793. The number of benzene rings is 1. The summed E-state index contributed by atoms with van der Waals surface area (Å²) in [7, 11) is 0. The van der Waals surface area contributed by atoms with Crippen molar-refractivity contribution in [2.75, 3.05) is 18.0 Å². The van der Waals surface area contributed by atoms with E-state index in [4.69, 9.17) is 9.72 Å². The molecule has 0 amide bonds. The van der Waals surface area contributed by atoms with Gasteiger partial charge in [0.1, 0.15) is 0 Å². The molecule has 1 fully saturated rings. The lowest BCUT2D eigenvalue weighted by Gasteiger charge is -2.38. The van der Waals surface area contributed by atoms with Crippen LogP contribution in [0.1, 0.15) is 25.1 Å². The normalized spacial score (nSPS) is 23.3. The molecule has 3 nitrogen and oxygen atoms in total. The highest BCUT2D eigenvalue weighted by atomic mass is 16.5. The van der Waals surface area contributed by atoms with E-state index in [1.807, 2.05) is 0 Å². The van der Waals surface area contributed by atoms with Gasteiger partial charge in [-0.3, -0.25) is 4.98 Å². The van der Waals surface area contributed by atoms with E-state index in [9.17, 15) is 0 Å². The molecule has 0 N–H and O–H groups in total. The number of hydrogen-bond acceptors (Lipinski definition) is 3. The second-order valence-electron chi connectivity index (χ2n) is 5.85. The van der Waals surface area contributed by atoms with E-state index in [1.54, 1.807) is 0 Å². The van der Waals surface area contributed by atoms with Crippen LogP contribution in [0.25, 0.3) is 10.9 Å². The highest BCUT2D eigenvalue weighted by molar-refractivity contribution is 5.93. The Balaban J connectivity index is 2.16. The number of ether oxygens (including phenoxy) is 1. The molecule has 3 rings (SSSR count). The van der Waals surface area contributed by atoms with Crippen molar-refractivity contribution in [1.82, 2.24) is 4.98 Å². The summed E-state index contributed by atoms with van der Waals surface area (Å²) < 4.78 is 5.86. The van der Waals surface area contributed by atoms with Crippen LogP contribution in [0.5, 0.6) is 0 Å². The van der Waals surface area contributed by atoms with Gasteiger partial charge in [-0.1, -0.05) is 18.2 Å². The Morgan fingerprint density at radius 3 is 2.45 bits per heavy atom. The van der Waals surface area contributed by atoms with Crippen molar-refractivity contribution in [1.29, 1.82) is 0 Å². The molecule has 0 spiro atoms. The average molecular weight is 270 g/mol. The van der Waals surface area contributed by atoms with E-state index < -0.39 is 0 Å². The van der Waals surface area contributed by atoms with Crippen LogP contribution in [0.3, 0.4) is 0 Å². The first-order valence-electron chi connectivity index (χ1n) is 7.32. The minimum atomic E-state index is 0.269. The Morgan fingerprint density at radius 2 is 1.75 bits per heavy atom. The third kappa shape index (κ3) is 2.27. The van der Waals surface area contributed by atoms with Gasteiger partial charge in [0.2, 0.25) is 0 Å². The van der Waals surface area contributed by atoms with Crippen molar-refractivity contribution < 1.29 is 4.74 Å². The summed E-state index contributed by atoms with van der Waals surface area (Å²) >= 11 is 0. The molecule has 0 saturated carbocycles. The fraction of sp³-hybridized carbons (Fsp3) is 0.471. The van der Waals surface area contributed by atoms with E-state index in [2.05, 4.69) is 56.9 Å². The van der Waals surface area contributed by atoms with Crippen LogP contribution in [0, 0.1) is 13.8 Å². The molecule has 1 aromatic carbocycles. The maximum atomic E-state index is 5.86. The van der Waals surface area contributed by atoms with Crippen molar-refractivity contribution in [2.45, 2.75) is 39.9 Å². The van der Waals surface area contributed by atoms with Gasteiger partial charge in [-0.25, -0.2) is 0 Å². The molecule has 0 aliphatic carbocycles. The fourth-order valence-electron chi connectivity index (χ4n) is 3.18. The summed E-state index contributed by atoms with van der Waals surface area (Å²) in [6.07, 6.45) is 0.538. The maximum absolute atomic E-state index is 5.86. The zero-order valence-corrected chi connectivity index (χ0v) is 12.7. The molecule has 2 aromatic rings. The second-order valence-corrected chi connectivity index (χ2v) is 5.85. The second kappa shape index (κ2) is 5.06. The zero-order valence-electron chi connectivity index (χ0n) is 12.7. The Hall–Kier alpha value is -1.61. The number of para-hydroxylation sites is 1. The number of rotatable bonds is 1. The predicted octanol–water partition coefficient (Wildman–Crippen LogP) is 3.47. The molecule has 2 heterocycles. The molecule has 1 saturated heterocycles. The molecule has 1 aromatic heterocycles. The first-order chi connectivity index (χ1) is 9.56. The van der Waals surface area contributed by atoms with Gasteiger partial charge in [0.25, 0.3) is 0 Å². The van der Waals surface area contributed by atoms with Crippen molar-refractivity contribution >= 4 is 16.6 Å². The number of hydrogen-bond donors (Lipinski definition) is 0. The van der Waals surface area contributed by atoms with Crippen LogP contribution < -0.4 is 4.90 Å². The number of aryl methyl sites for hydroxylation is 1. The van der Waals surface area contributed by atoms with Gasteiger partial charge in [0, 0.05) is 24.2 Å². The van der Waals surface area contributed by atoms with E-state index in [0.29, 0.717) is 0 Å². The average Bonchev–Trinajstić information content (AvgIpc) is 2.39. The maximum Gasteiger partial charge on any atom is 0.0726 e. The molecule has 20 heavy (non-hydrogen) atoms. The molecule has 0 unspecified atom stereocenters. The molecule has 0 radical (unpaired) electrons. The highest BCUT2D eigenvalue weighted by Gasteiger charge is 2.25. The van der Waals surface area contributed by atoms with Gasteiger partial charge in [-0.05, 0) is 39.3 Å². The number of morpholine rings is 1. The summed E-state index contributed by atoms with van der Waals surface area (Å²) in [5.41, 5.74) is 4.81. The molecule has 1 aliphatic rings. The zero-order chi connectivity index (χ0) is 14.3. The fourth-order valence-corrected chi connectivity index (χ4v) is 3.18. The van der Waals surface area contributed by atoms with Gasteiger partial charge in [-0.15, -0.1) is 0 Å². The molecular formula is C17H22N2O. The highest BCUT2D eigenvalue weighted by Crippen LogP contribution is 2.32. The van der Waals surface area contributed by atoms with Gasteiger partial charge in [-0.2, -0.15) is 0 Å². The minimum absolute atomic E-state index is 0.269. The van der Waals surface area contributed by atoms with Crippen LogP contribution in [-0.2, 0) is 4.74 Å². The third-order valence-corrected chi connectivity index (χ3v) is 4.08. The first kappa shape index (κ1) is 13.4. The Labute approximate surface area is 120 Å². The van der Waals surface area contributed by atoms with Gasteiger partial charge in [0.15, 0.2) is 0 Å². The number of pyridine rings is 1. The Bertz CT molecular complexity index is 628. The van der Waals surface area contributed by atoms with Gasteiger partial charge in [0.05, 0.1) is 23.4 Å². The molecule has 1 aliphatic heterocycles. The summed E-state index contributed by atoms with van der Waals surface area (Å²) in [4.78, 5) is 7.17. The van der Waals surface area contributed by atoms with Crippen molar-refractivity contribution in [3.63, 3.8) is 0 Å². The van der Waals surface area contributed by atoms with E-state index in [-0.39, 0.29) is 12.2 Å². The summed E-state index contributed by atoms with van der Waals surface area (Å²) in [5.74, 6) is 0. The monoisotopic (exact) mass is 270 g/mol. The molecule has 3 heteroatoms. The van der Waals surface area contributed by atoms with Crippen molar-refractivity contribution in [3.05, 3.63) is 35.5 Å². The minimum Gasteiger partial charge on any atom is -0.372 e. The van der Waals surface area contributed by atoms with Crippen LogP contribution in [0.4, 0.5) is 5.69 Å². The van der Waals surface area contributed by atoms with Gasteiger partial charge >= 0.3 is 0 Å². The predicted molar refractivity (Wildman–Crippen MR) is 83.4 cm³/mol. The van der Waals surface area contributed by atoms with Crippen LogP contribution in [0.15, 0.2) is 24.3 Å². The van der Waals surface area contributed by atoms with E-state index in [1.165, 1.54) is 16.6 Å². The smallest absolute Gasteiger partial charge is 0.0726 e. The lowest BCUT2D eigenvalue weighted by molar-refractivity contribution is -0.00516. The SMILES string of the molecule is Cc1nc2ccccc2c(N2C[C@@H](C)O[C@@H](C)C2)c1C. The summed E-state index contributed by atoms with van der Waals surface area (Å²) in [5, 5.41) is 1.25. The number of aromatic nitrogens is 1. The number of anilines is 1. The molecule has 0 bridgehead atoms. The molecule has 106 valence electrons. The van der Waals surface area contributed by atoms with Crippen LogP contribution in [-0.4, -0.2) is 30.3 Å². The summed E-state index contributed by atoms with van der Waals surface area (Å²) in [6, 6.07) is 8.42. The van der Waals surface area contributed by atoms with Crippen LogP contribution in [0.2, 0.25) is 0 Å². The van der Waals surface area contributed by atoms with Crippen molar-refractivity contribution in [2.24, 2.45) is 0 Å². The topological polar surface area (TPSA) is 25.4 Å². The van der Waals surface area contributed by atoms with E-state index >= 15 is 0 Å². The number of fused-ring (bicyclic) bond motifs is 1. The molecular weight excluding hydrogens is 248 g/mol. The van der Waals surface area contributed by atoms with Gasteiger partial charge < -0.3 is 9.64 Å². The van der Waals surface area contributed by atoms with Crippen LogP contribution >= 0.6 is 0 Å². The first-order valence-corrected chi connectivity index (χ1v) is 7.32. The standard InChI is InChI=1S/C17H22N2O/c1-11-9-19(10-12(2)20-11)17-13(3)14(4)18-16-8-6-5-7-15(16)17/h5-8,11-12H,9-10H2,1-4H3/t11-,12+. The largest absolute Gasteiger partial charge is 0.372 e. The number of nitrogens with zero attached hydrogens (tertiary/aromatic N) is 2. The lowest BCUT2D eigenvalue weighted by Crippen LogP contribution is -2.45. The van der Waals surface area contributed by atoms with Crippen molar-refractivity contribution in [3.8, 4) is 0 Å².